The summed E-state index contributed by atoms with van der Waals surface area (Å²) >= 11 is 0. The fourth-order valence-corrected chi connectivity index (χ4v) is 2.30. The Labute approximate surface area is 115 Å². The molecule has 0 aliphatic carbocycles. The Morgan fingerprint density at radius 1 is 1.30 bits per heavy atom. The number of nitrogens with two attached hydrogens (primary N) is 1. The minimum absolute atomic E-state index is 0.0281. The van der Waals surface area contributed by atoms with Crippen LogP contribution in [0.25, 0.3) is 16.9 Å². The Morgan fingerprint density at radius 3 is 2.80 bits per heavy atom. The number of pyridine rings is 1. The molecule has 0 amide bonds. The Morgan fingerprint density at radius 2 is 2.10 bits per heavy atom. The van der Waals surface area contributed by atoms with Crippen molar-refractivity contribution in [2.45, 2.75) is 6.92 Å². The zero-order valence-electron chi connectivity index (χ0n) is 10.9. The molecule has 20 heavy (non-hydrogen) atoms. The molecule has 2 aromatic heterocycles. The Bertz CT molecular complexity index is 821. The third-order valence-corrected chi connectivity index (χ3v) is 3.17. The van der Waals surface area contributed by atoms with Crippen molar-refractivity contribution in [2.24, 2.45) is 0 Å². The highest BCUT2D eigenvalue weighted by atomic mass is 16.4. The van der Waals surface area contributed by atoms with Crippen molar-refractivity contribution in [3.63, 3.8) is 0 Å². The molecule has 0 spiro atoms. The Hall–Kier alpha value is -2.82. The summed E-state index contributed by atoms with van der Waals surface area (Å²) in [6, 6.07) is 11.2. The molecule has 100 valence electrons. The largest absolute Gasteiger partial charge is 0.476 e. The van der Waals surface area contributed by atoms with E-state index in [1.54, 1.807) is 22.7 Å². The molecule has 0 atom stereocenters. The van der Waals surface area contributed by atoms with Crippen LogP contribution in [0.4, 0.5) is 5.69 Å². The van der Waals surface area contributed by atoms with Crippen LogP contribution in [0.15, 0.2) is 42.6 Å². The number of imidazole rings is 1. The molecule has 0 aliphatic rings. The number of carboxylic acids is 1. The van der Waals surface area contributed by atoms with Crippen LogP contribution in [-0.2, 0) is 0 Å². The van der Waals surface area contributed by atoms with Crippen molar-refractivity contribution in [2.75, 3.05) is 5.73 Å². The van der Waals surface area contributed by atoms with Crippen molar-refractivity contribution in [3.8, 4) is 11.4 Å². The SMILES string of the molecule is Cc1cccc(-c2nc(C(=O)O)c3c(N)cccn23)c1. The highest BCUT2D eigenvalue weighted by molar-refractivity contribution is 5.98. The molecule has 3 N–H and O–H groups in total. The van der Waals surface area contributed by atoms with Crippen molar-refractivity contribution < 1.29 is 9.90 Å². The molecule has 0 bridgehead atoms. The molecule has 5 nitrogen and oxygen atoms in total. The van der Waals surface area contributed by atoms with Crippen LogP contribution in [-0.4, -0.2) is 20.5 Å². The third kappa shape index (κ3) is 1.80. The number of carboxylic acid groups (broad SMARTS) is 1. The van der Waals surface area contributed by atoms with Crippen LogP contribution < -0.4 is 5.73 Å². The van der Waals surface area contributed by atoms with Crippen LogP contribution in [0.5, 0.6) is 0 Å². The molecular formula is C15H13N3O2. The number of fused-ring (bicyclic) bond motifs is 1. The van der Waals surface area contributed by atoms with Gasteiger partial charge in [0.05, 0.1) is 5.69 Å². The monoisotopic (exact) mass is 267 g/mol. The maximum absolute atomic E-state index is 11.3. The van der Waals surface area contributed by atoms with Gasteiger partial charge in [0.15, 0.2) is 5.69 Å². The van der Waals surface area contributed by atoms with E-state index in [1.807, 2.05) is 31.2 Å². The van der Waals surface area contributed by atoms with Gasteiger partial charge in [0.25, 0.3) is 0 Å². The molecule has 0 saturated carbocycles. The quantitative estimate of drug-likeness (QED) is 0.747. The topological polar surface area (TPSA) is 80.6 Å². The van der Waals surface area contributed by atoms with Crippen molar-refractivity contribution in [3.05, 3.63) is 53.9 Å². The molecule has 5 heteroatoms. The van der Waals surface area contributed by atoms with Crippen LogP contribution in [0.1, 0.15) is 16.1 Å². The number of aryl methyl sites for hydroxylation is 1. The van der Waals surface area contributed by atoms with Crippen LogP contribution in [0, 0.1) is 6.92 Å². The number of benzene rings is 1. The Balaban J connectivity index is 2.38. The van der Waals surface area contributed by atoms with Crippen molar-refractivity contribution >= 4 is 17.2 Å². The molecule has 3 aromatic rings. The van der Waals surface area contributed by atoms with Crippen LogP contribution >= 0.6 is 0 Å². The van der Waals surface area contributed by atoms with Gasteiger partial charge in [-0.15, -0.1) is 0 Å². The minimum atomic E-state index is -1.08. The number of hydrogen-bond donors (Lipinski definition) is 2. The van der Waals surface area contributed by atoms with Gasteiger partial charge in [0.2, 0.25) is 0 Å². The highest BCUT2D eigenvalue weighted by Crippen LogP contribution is 2.26. The minimum Gasteiger partial charge on any atom is -0.476 e. The summed E-state index contributed by atoms with van der Waals surface area (Å²) in [4.78, 5) is 15.6. The highest BCUT2D eigenvalue weighted by Gasteiger charge is 2.19. The molecule has 3 rings (SSSR count). The zero-order chi connectivity index (χ0) is 14.3. The second kappa shape index (κ2) is 4.38. The van der Waals surface area contributed by atoms with Gasteiger partial charge in [-0.25, -0.2) is 9.78 Å². The second-order valence-corrected chi connectivity index (χ2v) is 4.64. The lowest BCUT2D eigenvalue weighted by atomic mass is 10.1. The summed E-state index contributed by atoms with van der Waals surface area (Å²) in [5.41, 5.74) is 8.63. The molecule has 0 unspecified atom stereocenters. The summed E-state index contributed by atoms with van der Waals surface area (Å²) in [5.74, 6) is -0.507. The molecule has 1 aromatic carbocycles. The molecule has 0 radical (unpaired) electrons. The molecule has 0 saturated heterocycles. The van der Waals surface area contributed by atoms with E-state index in [2.05, 4.69) is 4.98 Å². The third-order valence-electron chi connectivity index (χ3n) is 3.17. The van der Waals surface area contributed by atoms with E-state index in [0.717, 1.165) is 11.1 Å². The van der Waals surface area contributed by atoms with Gasteiger partial charge >= 0.3 is 5.97 Å². The van der Waals surface area contributed by atoms with Crippen LogP contribution in [0.2, 0.25) is 0 Å². The summed E-state index contributed by atoms with van der Waals surface area (Å²) in [6.07, 6.45) is 1.77. The average Bonchev–Trinajstić information content (AvgIpc) is 2.80. The van der Waals surface area contributed by atoms with Crippen molar-refractivity contribution in [1.82, 2.24) is 9.38 Å². The standard InChI is InChI=1S/C15H13N3O2/c1-9-4-2-5-10(8-9)14-17-12(15(19)20)13-11(16)6-3-7-18(13)14/h2-8H,16H2,1H3,(H,19,20). The number of nitrogens with zero attached hydrogens (tertiary/aromatic N) is 2. The van der Waals surface area contributed by atoms with E-state index in [-0.39, 0.29) is 5.69 Å². The van der Waals surface area contributed by atoms with E-state index in [4.69, 9.17) is 5.73 Å². The molecule has 0 fully saturated rings. The van der Waals surface area contributed by atoms with Crippen LogP contribution in [0.3, 0.4) is 0 Å². The van der Waals surface area contributed by atoms with E-state index in [9.17, 15) is 9.90 Å². The zero-order valence-corrected chi connectivity index (χ0v) is 10.9. The van der Waals surface area contributed by atoms with Gasteiger partial charge < -0.3 is 10.8 Å². The smallest absolute Gasteiger partial charge is 0.356 e. The fraction of sp³-hybridized carbons (Fsp3) is 0.0667. The summed E-state index contributed by atoms with van der Waals surface area (Å²) in [7, 11) is 0. The summed E-state index contributed by atoms with van der Waals surface area (Å²) in [5, 5.41) is 9.29. The lowest BCUT2D eigenvalue weighted by Crippen LogP contribution is -2.00. The molecule has 2 heterocycles. The maximum atomic E-state index is 11.3. The first-order valence-corrected chi connectivity index (χ1v) is 6.15. The predicted molar refractivity (Wildman–Crippen MR) is 76.7 cm³/mol. The molecule has 0 aliphatic heterocycles. The van der Waals surface area contributed by atoms with Gasteiger partial charge in [-0.05, 0) is 25.1 Å². The van der Waals surface area contributed by atoms with Gasteiger partial charge in [0.1, 0.15) is 11.3 Å². The Kier molecular flexibility index (Phi) is 2.68. The maximum Gasteiger partial charge on any atom is 0.356 e. The number of nitrogen functional groups attached to an aromatic ring is 1. The first-order chi connectivity index (χ1) is 9.58. The summed E-state index contributed by atoms with van der Waals surface area (Å²) in [6.45, 7) is 1.98. The van der Waals surface area contributed by atoms with Gasteiger partial charge in [-0.2, -0.15) is 0 Å². The first-order valence-electron chi connectivity index (χ1n) is 6.15. The first kappa shape index (κ1) is 12.2. The second-order valence-electron chi connectivity index (χ2n) is 4.64. The number of hydrogen-bond acceptors (Lipinski definition) is 3. The number of rotatable bonds is 2. The van der Waals surface area contributed by atoms with Gasteiger partial charge in [-0.1, -0.05) is 23.8 Å². The predicted octanol–water partition coefficient (Wildman–Crippen LogP) is 2.59. The number of aromatic nitrogens is 2. The van der Waals surface area contributed by atoms with Crippen molar-refractivity contribution in [1.29, 1.82) is 0 Å². The lowest BCUT2D eigenvalue weighted by molar-refractivity contribution is 0.0693. The average molecular weight is 267 g/mol. The normalized spacial score (nSPS) is 10.8. The van der Waals surface area contributed by atoms with E-state index in [1.165, 1.54) is 0 Å². The number of carbonyl (C=O) groups is 1. The lowest BCUT2D eigenvalue weighted by Gasteiger charge is -2.03. The molecular weight excluding hydrogens is 254 g/mol. The van der Waals surface area contributed by atoms with E-state index < -0.39 is 5.97 Å². The summed E-state index contributed by atoms with van der Waals surface area (Å²) < 4.78 is 1.72. The van der Waals surface area contributed by atoms with Gasteiger partial charge in [-0.3, -0.25) is 4.40 Å². The van der Waals surface area contributed by atoms with E-state index in [0.29, 0.717) is 17.0 Å². The number of aromatic carboxylic acids is 1. The number of anilines is 1. The van der Waals surface area contributed by atoms with E-state index >= 15 is 0 Å². The van der Waals surface area contributed by atoms with Gasteiger partial charge in [0, 0.05) is 11.8 Å². The fourth-order valence-electron chi connectivity index (χ4n) is 2.30.